The van der Waals surface area contributed by atoms with Gasteiger partial charge in [0.15, 0.2) is 6.10 Å². The van der Waals surface area contributed by atoms with Crippen molar-refractivity contribution in [2.24, 2.45) is 11.1 Å². The van der Waals surface area contributed by atoms with Gasteiger partial charge in [-0.1, -0.05) is 30.1 Å². The molecule has 158 valence electrons. The molecule has 1 saturated carbocycles. The van der Waals surface area contributed by atoms with Gasteiger partial charge in [-0.25, -0.2) is 13.2 Å². The van der Waals surface area contributed by atoms with Gasteiger partial charge in [0.1, 0.15) is 17.5 Å². The molecule has 2 aromatic rings. The van der Waals surface area contributed by atoms with Crippen LogP contribution in [0.2, 0.25) is 0 Å². The van der Waals surface area contributed by atoms with Crippen LogP contribution in [0.25, 0.3) is 0 Å². The number of amides is 1. The highest BCUT2D eigenvalue weighted by Gasteiger charge is 2.32. The van der Waals surface area contributed by atoms with Crippen molar-refractivity contribution in [3.05, 3.63) is 71.0 Å². The van der Waals surface area contributed by atoms with Gasteiger partial charge in [-0.15, -0.1) is 0 Å². The normalized spacial score (nSPS) is 18.9. The first-order valence-corrected chi connectivity index (χ1v) is 10.2. The van der Waals surface area contributed by atoms with Crippen molar-refractivity contribution in [1.82, 2.24) is 4.90 Å². The van der Waals surface area contributed by atoms with Crippen LogP contribution in [0.15, 0.2) is 47.6 Å². The van der Waals surface area contributed by atoms with E-state index in [9.17, 15) is 18.0 Å². The van der Waals surface area contributed by atoms with E-state index in [1.54, 1.807) is 17.0 Å². The fraction of sp³-hybridized carbons (Fsp3) is 0.391. The molecule has 2 aliphatic rings. The third kappa shape index (κ3) is 4.66. The molecule has 1 fully saturated rings. The Morgan fingerprint density at radius 3 is 2.43 bits per heavy atom. The van der Waals surface area contributed by atoms with Crippen LogP contribution in [0, 0.1) is 23.4 Å². The molecular formula is C23H23F3N2O2. The van der Waals surface area contributed by atoms with E-state index in [0.717, 1.165) is 37.3 Å². The molecule has 7 heteroatoms. The summed E-state index contributed by atoms with van der Waals surface area (Å²) in [5, 5.41) is 3.97. The Bertz CT molecular complexity index is 940. The Morgan fingerprint density at radius 2 is 1.73 bits per heavy atom. The number of halogens is 3. The first kappa shape index (κ1) is 20.4. The minimum Gasteiger partial charge on any atom is -0.390 e. The van der Waals surface area contributed by atoms with Crippen molar-refractivity contribution >= 4 is 11.6 Å². The van der Waals surface area contributed by atoms with Gasteiger partial charge in [0, 0.05) is 30.5 Å². The van der Waals surface area contributed by atoms with Crippen molar-refractivity contribution in [3.63, 3.8) is 0 Å². The number of carbonyl (C=O) groups excluding carboxylic acids is 1. The van der Waals surface area contributed by atoms with Gasteiger partial charge < -0.3 is 9.74 Å². The zero-order chi connectivity index (χ0) is 21.1. The van der Waals surface area contributed by atoms with E-state index in [-0.39, 0.29) is 23.2 Å². The summed E-state index contributed by atoms with van der Waals surface area (Å²) in [6.45, 7) is 0.637. The highest BCUT2D eigenvalue weighted by Crippen LogP contribution is 2.28. The van der Waals surface area contributed by atoms with Crippen LogP contribution in [-0.2, 0) is 16.2 Å². The van der Waals surface area contributed by atoms with Gasteiger partial charge in [-0.3, -0.25) is 4.79 Å². The van der Waals surface area contributed by atoms with E-state index >= 15 is 0 Å². The third-order valence-electron chi connectivity index (χ3n) is 5.70. The molecule has 0 N–H and O–H groups in total. The van der Waals surface area contributed by atoms with Crippen LogP contribution < -0.4 is 0 Å². The zero-order valence-corrected chi connectivity index (χ0v) is 16.5. The van der Waals surface area contributed by atoms with E-state index in [1.165, 1.54) is 24.3 Å². The molecule has 1 aliphatic heterocycles. The molecule has 0 bridgehead atoms. The van der Waals surface area contributed by atoms with E-state index in [0.29, 0.717) is 25.2 Å². The minimum atomic E-state index is -0.691. The van der Waals surface area contributed by atoms with Gasteiger partial charge >= 0.3 is 0 Å². The maximum atomic E-state index is 14.1. The molecule has 0 spiro atoms. The zero-order valence-electron chi connectivity index (χ0n) is 16.5. The third-order valence-corrected chi connectivity index (χ3v) is 5.70. The van der Waals surface area contributed by atoms with Crippen molar-refractivity contribution in [3.8, 4) is 0 Å². The van der Waals surface area contributed by atoms with Gasteiger partial charge in [-0.2, -0.15) is 0 Å². The smallest absolute Gasteiger partial charge is 0.226 e. The van der Waals surface area contributed by atoms with Gasteiger partial charge in [-0.05, 0) is 42.7 Å². The Morgan fingerprint density at radius 1 is 1.03 bits per heavy atom. The molecule has 1 amide bonds. The fourth-order valence-electron chi connectivity index (χ4n) is 4.13. The van der Waals surface area contributed by atoms with Crippen molar-refractivity contribution < 1.29 is 22.8 Å². The molecule has 0 aromatic heterocycles. The average molecular weight is 416 g/mol. The summed E-state index contributed by atoms with van der Waals surface area (Å²) in [5.41, 5.74) is 1.42. The summed E-state index contributed by atoms with van der Waals surface area (Å²) in [6, 6.07) is 9.41. The van der Waals surface area contributed by atoms with Gasteiger partial charge in [0.05, 0.1) is 12.3 Å². The summed E-state index contributed by atoms with van der Waals surface area (Å²) in [4.78, 5) is 20.3. The van der Waals surface area contributed by atoms with Crippen LogP contribution in [0.1, 0.15) is 43.2 Å². The predicted octanol–water partition coefficient (Wildman–Crippen LogP) is 4.82. The molecule has 1 heterocycles. The number of carbonyl (C=O) groups is 1. The predicted molar refractivity (Wildman–Crippen MR) is 106 cm³/mol. The lowest BCUT2D eigenvalue weighted by Crippen LogP contribution is -2.40. The SMILES string of the molecule is O=C(C1CCCC1)N(Cc1ccc(F)cc1)CC1CC(c2ccc(F)cc2F)=NO1. The largest absolute Gasteiger partial charge is 0.390 e. The van der Waals surface area contributed by atoms with Gasteiger partial charge in [0.2, 0.25) is 5.91 Å². The molecule has 0 radical (unpaired) electrons. The number of oxime groups is 1. The van der Waals surface area contributed by atoms with E-state index in [2.05, 4.69) is 5.16 Å². The number of hydrogen-bond acceptors (Lipinski definition) is 3. The molecule has 1 aliphatic carbocycles. The molecule has 2 aromatic carbocycles. The number of nitrogens with zero attached hydrogens (tertiary/aromatic N) is 2. The van der Waals surface area contributed by atoms with Crippen molar-refractivity contribution in [2.45, 2.75) is 44.8 Å². The lowest BCUT2D eigenvalue weighted by atomic mass is 10.0. The van der Waals surface area contributed by atoms with E-state index in [1.807, 2.05) is 0 Å². The average Bonchev–Trinajstić information content (AvgIpc) is 3.41. The molecule has 1 atom stereocenters. The molecule has 4 nitrogen and oxygen atoms in total. The number of rotatable bonds is 6. The maximum Gasteiger partial charge on any atom is 0.226 e. The molecule has 4 rings (SSSR count). The topological polar surface area (TPSA) is 41.9 Å². The second-order valence-electron chi connectivity index (χ2n) is 7.92. The van der Waals surface area contributed by atoms with E-state index < -0.39 is 17.7 Å². The summed E-state index contributed by atoms with van der Waals surface area (Å²) in [5.74, 6) is -1.63. The van der Waals surface area contributed by atoms with Crippen molar-refractivity contribution in [1.29, 1.82) is 0 Å². The molecular weight excluding hydrogens is 393 g/mol. The summed E-state index contributed by atoms with van der Waals surface area (Å²) < 4.78 is 40.5. The summed E-state index contributed by atoms with van der Waals surface area (Å²) in [7, 11) is 0. The van der Waals surface area contributed by atoms with E-state index in [4.69, 9.17) is 4.84 Å². The molecule has 0 saturated heterocycles. The fourth-order valence-corrected chi connectivity index (χ4v) is 4.13. The Kier molecular flexibility index (Phi) is 6.06. The standard InChI is InChI=1S/C23H23F3N2O2/c24-17-7-5-15(6-8-17)13-28(23(29)16-3-1-2-4-16)14-19-12-22(27-30-19)20-10-9-18(25)11-21(20)26/h5-11,16,19H,1-4,12-14H2. The van der Waals surface area contributed by atoms with Crippen molar-refractivity contribution in [2.75, 3.05) is 6.54 Å². The highest BCUT2D eigenvalue weighted by molar-refractivity contribution is 6.01. The Balaban J connectivity index is 1.46. The summed E-state index contributed by atoms with van der Waals surface area (Å²) in [6.07, 6.45) is 3.71. The number of benzene rings is 2. The van der Waals surface area contributed by atoms with Crippen LogP contribution in [0.3, 0.4) is 0 Å². The maximum absolute atomic E-state index is 14.1. The minimum absolute atomic E-state index is 0.0122. The van der Waals surface area contributed by atoms with Crippen LogP contribution in [-0.4, -0.2) is 29.2 Å². The Labute approximate surface area is 173 Å². The quantitative estimate of drug-likeness (QED) is 0.678. The van der Waals surface area contributed by atoms with Gasteiger partial charge in [0.25, 0.3) is 0 Å². The second kappa shape index (κ2) is 8.90. The lowest BCUT2D eigenvalue weighted by Gasteiger charge is -2.27. The first-order chi connectivity index (χ1) is 14.5. The Hall–Kier alpha value is -2.83. The highest BCUT2D eigenvalue weighted by atomic mass is 19.1. The monoisotopic (exact) mass is 416 g/mol. The van der Waals surface area contributed by atoms with Crippen LogP contribution in [0.5, 0.6) is 0 Å². The number of hydrogen-bond donors (Lipinski definition) is 0. The lowest BCUT2D eigenvalue weighted by molar-refractivity contribution is -0.137. The van der Waals surface area contributed by atoms with Crippen LogP contribution >= 0.6 is 0 Å². The second-order valence-corrected chi connectivity index (χ2v) is 7.92. The first-order valence-electron chi connectivity index (χ1n) is 10.2. The summed E-state index contributed by atoms with van der Waals surface area (Å²) >= 11 is 0. The molecule has 30 heavy (non-hydrogen) atoms. The molecule has 1 unspecified atom stereocenters. The van der Waals surface area contributed by atoms with Crippen LogP contribution in [0.4, 0.5) is 13.2 Å².